The summed E-state index contributed by atoms with van der Waals surface area (Å²) in [6.45, 7) is 5.56. The number of hydrogen-bond donors (Lipinski definition) is 1. The number of unbranched alkanes of at least 4 members (excludes halogenated alkanes) is 13. The van der Waals surface area contributed by atoms with Gasteiger partial charge in [0.2, 0.25) is 0 Å². The molecule has 0 heterocycles. The number of aliphatic carboxylic acids is 1. The SMILES string of the molecule is C=COC(=O)CC(CCCCCCCCCCCCCCCC)C(=O)O. The van der Waals surface area contributed by atoms with Gasteiger partial charge in [-0.2, -0.15) is 0 Å². The van der Waals surface area contributed by atoms with Gasteiger partial charge in [0.15, 0.2) is 0 Å². The minimum absolute atomic E-state index is 0.0696. The molecule has 152 valence electrons. The highest BCUT2D eigenvalue weighted by Gasteiger charge is 2.21. The van der Waals surface area contributed by atoms with E-state index in [2.05, 4.69) is 18.2 Å². The van der Waals surface area contributed by atoms with Crippen LogP contribution in [-0.2, 0) is 14.3 Å². The number of carboxylic acid groups (broad SMARTS) is 1. The normalized spacial score (nSPS) is 11.9. The van der Waals surface area contributed by atoms with E-state index in [4.69, 9.17) is 5.11 Å². The molecule has 0 aliphatic heterocycles. The van der Waals surface area contributed by atoms with Crippen molar-refractivity contribution in [2.75, 3.05) is 0 Å². The molecule has 0 aromatic heterocycles. The molecule has 0 saturated heterocycles. The van der Waals surface area contributed by atoms with Gasteiger partial charge in [0, 0.05) is 0 Å². The zero-order chi connectivity index (χ0) is 19.5. The number of carbonyl (C=O) groups is 2. The van der Waals surface area contributed by atoms with Gasteiger partial charge in [-0.15, -0.1) is 0 Å². The summed E-state index contributed by atoms with van der Waals surface area (Å²) in [6.07, 6.45) is 19.4. The number of ether oxygens (including phenoxy) is 1. The Morgan fingerprint density at radius 3 is 1.65 bits per heavy atom. The molecule has 0 amide bonds. The van der Waals surface area contributed by atoms with E-state index in [0.29, 0.717) is 6.42 Å². The maximum atomic E-state index is 11.3. The minimum Gasteiger partial charge on any atom is -0.481 e. The number of hydrogen-bond acceptors (Lipinski definition) is 3. The third-order valence-corrected chi connectivity index (χ3v) is 4.88. The summed E-state index contributed by atoms with van der Waals surface area (Å²) in [5.74, 6) is -2.07. The van der Waals surface area contributed by atoms with Crippen LogP contribution in [0.5, 0.6) is 0 Å². The van der Waals surface area contributed by atoms with Crippen LogP contribution in [0, 0.1) is 5.92 Å². The maximum Gasteiger partial charge on any atom is 0.311 e. The van der Waals surface area contributed by atoms with E-state index in [-0.39, 0.29) is 6.42 Å². The molecule has 0 aromatic carbocycles. The molecule has 1 N–H and O–H groups in total. The second-order valence-corrected chi connectivity index (χ2v) is 7.28. The first kappa shape index (κ1) is 24.7. The average Bonchev–Trinajstić information content (AvgIpc) is 2.61. The van der Waals surface area contributed by atoms with Gasteiger partial charge in [0.1, 0.15) is 0 Å². The van der Waals surface area contributed by atoms with Crippen LogP contribution in [0.4, 0.5) is 0 Å². The van der Waals surface area contributed by atoms with Crippen molar-refractivity contribution in [3.8, 4) is 0 Å². The lowest BCUT2D eigenvalue weighted by atomic mass is 9.97. The fourth-order valence-corrected chi connectivity index (χ4v) is 3.24. The summed E-state index contributed by atoms with van der Waals surface area (Å²) in [5.41, 5.74) is 0. The van der Waals surface area contributed by atoms with Gasteiger partial charge in [-0.1, -0.05) is 103 Å². The molecule has 1 unspecified atom stereocenters. The summed E-state index contributed by atoms with van der Waals surface area (Å²) in [5, 5.41) is 9.16. The van der Waals surface area contributed by atoms with Crippen LogP contribution in [-0.4, -0.2) is 17.0 Å². The van der Waals surface area contributed by atoms with E-state index in [0.717, 1.165) is 25.5 Å². The predicted molar refractivity (Wildman–Crippen MR) is 107 cm³/mol. The van der Waals surface area contributed by atoms with Gasteiger partial charge in [-0.05, 0) is 6.42 Å². The first-order chi connectivity index (χ1) is 12.6. The number of rotatable bonds is 19. The van der Waals surface area contributed by atoms with Crippen molar-refractivity contribution in [1.82, 2.24) is 0 Å². The zero-order valence-electron chi connectivity index (χ0n) is 16.8. The largest absolute Gasteiger partial charge is 0.481 e. The van der Waals surface area contributed by atoms with Crippen LogP contribution >= 0.6 is 0 Å². The molecular weight excluding hydrogens is 328 g/mol. The zero-order valence-corrected chi connectivity index (χ0v) is 16.8. The summed E-state index contributed by atoms with van der Waals surface area (Å²) in [4.78, 5) is 22.5. The number of carbonyl (C=O) groups excluding carboxylic acids is 1. The van der Waals surface area contributed by atoms with Crippen molar-refractivity contribution in [2.24, 2.45) is 5.92 Å². The van der Waals surface area contributed by atoms with E-state index in [1.54, 1.807) is 0 Å². The van der Waals surface area contributed by atoms with Gasteiger partial charge in [0.05, 0.1) is 18.6 Å². The van der Waals surface area contributed by atoms with Gasteiger partial charge >= 0.3 is 11.9 Å². The molecule has 4 nitrogen and oxygen atoms in total. The Morgan fingerprint density at radius 1 is 0.846 bits per heavy atom. The van der Waals surface area contributed by atoms with Crippen molar-refractivity contribution in [3.05, 3.63) is 12.8 Å². The highest BCUT2D eigenvalue weighted by atomic mass is 16.5. The van der Waals surface area contributed by atoms with Crippen molar-refractivity contribution in [3.63, 3.8) is 0 Å². The smallest absolute Gasteiger partial charge is 0.311 e. The summed E-state index contributed by atoms with van der Waals surface area (Å²) in [6, 6.07) is 0. The van der Waals surface area contributed by atoms with E-state index in [9.17, 15) is 9.59 Å². The second kappa shape index (κ2) is 18.5. The predicted octanol–water partition coefficient (Wildman–Crippen LogP) is 6.64. The van der Waals surface area contributed by atoms with Crippen LogP contribution in [0.15, 0.2) is 12.8 Å². The molecule has 0 spiro atoms. The van der Waals surface area contributed by atoms with Gasteiger partial charge in [-0.3, -0.25) is 9.59 Å². The average molecular weight is 369 g/mol. The molecule has 0 radical (unpaired) electrons. The van der Waals surface area contributed by atoms with Crippen LogP contribution < -0.4 is 0 Å². The Bertz CT molecular complexity index is 365. The Morgan fingerprint density at radius 2 is 1.27 bits per heavy atom. The lowest BCUT2D eigenvalue weighted by Gasteiger charge is -2.10. The van der Waals surface area contributed by atoms with E-state index >= 15 is 0 Å². The Labute approximate surface area is 160 Å². The van der Waals surface area contributed by atoms with Crippen LogP contribution in [0.25, 0.3) is 0 Å². The summed E-state index contributed by atoms with van der Waals surface area (Å²) >= 11 is 0. The van der Waals surface area contributed by atoms with Crippen molar-refractivity contribution in [1.29, 1.82) is 0 Å². The molecule has 0 fully saturated rings. The van der Waals surface area contributed by atoms with E-state index in [1.165, 1.54) is 70.6 Å². The van der Waals surface area contributed by atoms with Crippen LogP contribution in [0.1, 0.15) is 110 Å². The third kappa shape index (κ3) is 16.2. The number of carboxylic acids is 1. The van der Waals surface area contributed by atoms with E-state index in [1.807, 2.05) is 0 Å². The lowest BCUT2D eigenvalue weighted by Crippen LogP contribution is -2.18. The Hall–Kier alpha value is -1.32. The third-order valence-electron chi connectivity index (χ3n) is 4.88. The molecule has 0 bridgehead atoms. The number of esters is 1. The Balaban J connectivity index is 3.44. The fraction of sp³-hybridized carbons (Fsp3) is 0.818. The molecule has 4 heteroatoms. The lowest BCUT2D eigenvalue weighted by molar-refractivity contribution is -0.148. The van der Waals surface area contributed by atoms with Crippen molar-refractivity contribution in [2.45, 2.75) is 110 Å². The topological polar surface area (TPSA) is 63.6 Å². The molecule has 1 atom stereocenters. The molecular formula is C22H40O4. The standard InChI is InChI=1S/C22H40O4/c1-3-5-6-7-8-9-10-11-12-13-14-15-16-17-18-20(22(24)25)19-21(23)26-4-2/h4,20H,2-3,5-19H2,1H3,(H,24,25). The van der Waals surface area contributed by atoms with Gasteiger partial charge in [0.25, 0.3) is 0 Å². The summed E-state index contributed by atoms with van der Waals surface area (Å²) in [7, 11) is 0. The summed E-state index contributed by atoms with van der Waals surface area (Å²) < 4.78 is 4.61. The van der Waals surface area contributed by atoms with Crippen LogP contribution in [0.2, 0.25) is 0 Å². The monoisotopic (exact) mass is 368 g/mol. The van der Waals surface area contributed by atoms with E-state index < -0.39 is 17.9 Å². The molecule has 0 saturated carbocycles. The van der Waals surface area contributed by atoms with Gasteiger partial charge < -0.3 is 9.84 Å². The maximum absolute atomic E-state index is 11.3. The molecule has 0 aliphatic rings. The first-order valence-corrected chi connectivity index (χ1v) is 10.6. The highest BCUT2D eigenvalue weighted by molar-refractivity contribution is 5.78. The highest BCUT2D eigenvalue weighted by Crippen LogP contribution is 2.17. The molecule has 0 aliphatic carbocycles. The molecule has 26 heavy (non-hydrogen) atoms. The fourth-order valence-electron chi connectivity index (χ4n) is 3.24. The quantitative estimate of drug-likeness (QED) is 0.158. The van der Waals surface area contributed by atoms with Crippen molar-refractivity contribution < 1.29 is 19.4 Å². The first-order valence-electron chi connectivity index (χ1n) is 10.6. The second-order valence-electron chi connectivity index (χ2n) is 7.28. The molecule has 0 aromatic rings. The van der Waals surface area contributed by atoms with Crippen molar-refractivity contribution >= 4 is 11.9 Å². The Kier molecular flexibility index (Phi) is 17.5. The minimum atomic E-state index is -0.916. The molecule has 0 rings (SSSR count). The van der Waals surface area contributed by atoms with Gasteiger partial charge in [-0.25, -0.2) is 0 Å². The van der Waals surface area contributed by atoms with Crippen LogP contribution in [0.3, 0.4) is 0 Å².